The van der Waals surface area contributed by atoms with Gasteiger partial charge in [-0.2, -0.15) is 0 Å². The van der Waals surface area contributed by atoms with Gasteiger partial charge in [-0.05, 0) is 38.4 Å². The molecule has 1 N–H and O–H groups in total. The van der Waals surface area contributed by atoms with Crippen molar-refractivity contribution in [3.63, 3.8) is 0 Å². The summed E-state index contributed by atoms with van der Waals surface area (Å²) in [5, 5.41) is 3.89. The number of aliphatic imine (C=N–C) groups is 1. The van der Waals surface area contributed by atoms with Gasteiger partial charge in [-0.1, -0.05) is 23.7 Å². The van der Waals surface area contributed by atoms with Crippen LogP contribution >= 0.6 is 11.6 Å². The van der Waals surface area contributed by atoms with Crippen molar-refractivity contribution in [2.45, 2.75) is 0 Å². The molecular formula is C17H20ClN5. The number of aromatic nitrogens is 1. The zero-order chi connectivity index (χ0) is 16.4. The number of hydrogen-bond donors (Lipinski definition) is 1. The minimum Gasteiger partial charge on any atom is -0.337 e. The molecule has 0 unspecified atom stereocenters. The number of anilines is 3. The summed E-state index contributed by atoms with van der Waals surface area (Å²) in [6.45, 7) is 1.62. The largest absolute Gasteiger partial charge is 0.337 e. The van der Waals surface area contributed by atoms with Crippen LogP contribution in [-0.4, -0.2) is 50.0 Å². The SMILES string of the molecule is CN(C)CCN=C1Nc2ccc(Cl)nc2N(C)c2ccccc21. The lowest BCUT2D eigenvalue weighted by atomic mass is 10.1. The summed E-state index contributed by atoms with van der Waals surface area (Å²) in [6, 6.07) is 11.9. The van der Waals surface area contributed by atoms with E-state index in [-0.39, 0.29) is 0 Å². The van der Waals surface area contributed by atoms with E-state index in [0.29, 0.717) is 5.15 Å². The molecule has 2 heterocycles. The number of fused-ring (bicyclic) bond motifs is 2. The van der Waals surface area contributed by atoms with Gasteiger partial charge in [-0.15, -0.1) is 0 Å². The third-order valence-electron chi connectivity index (χ3n) is 3.75. The smallest absolute Gasteiger partial charge is 0.158 e. The van der Waals surface area contributed by atoms with Crippen LogP contribution in [-0.2, 0) is 0 Å². The fourth-order valence-corrected chi connectivity index (χ4v) is 2.68. The number of amidine groups is 1. The molecular weight excluding hydrogens is 310 g/mol. The Balaban J connectivity index is 2.08. The number of rotatable bonds is 3. The van der Waals surface area contributed by atoms with Gasteiger partial charge in [0.25, 0.3) is 0 Å². The molecule has 120 valence electrons. The Bertz CT molecular complexity index is 742. The van der Waals surface area contributed by atoms with Crippen molar-refractivity contribution in [1.29, 1.82) is 0 Å². The molecule has 0 bridgehead atoms. The average molecular weight is 330 g/mol. The van der Waals surface area contributed by atoms with E-state index >= 15 is 0 Å². The Hall–Kier alpha value is -2.11. The topological polar surface area (TPSA) is 43.8 Å². The fraction of sp³-hybridized carbons (Fsp3) is 0.294. The Labute approximate surface area is 141 Å². The first-order chi connectivity index (χ1) is 11.1. The summed E-state index contributed by atoms with van der Waals surface area (Å²) in [4.78, 5) is 13.4. The Kier molecular flexibility index (Phi) is 4.50. The van der Waals surface area contributed by atoms with Crippen LogP contribution in [0.5, 0.6) is 0 Å². The maximum Gasteiger partial charge on any atom is 0.158 e. The molecule has 1 aromatic carbocycles. The fourth-order valence-electron chi connectivity index (χ4n) is 2.54. The molecule has 0 fully saturated rings. The summed E-state index contributed by atoms with van der Waals surface area (Å²) in [7, 11) is 6.08. The maximum atomic E-state index is 6.08. The summed E-state index contributed by atoms with van der Waals surface area (Å²) in [5.74, 6) is 1.65. The molecule has 3 rings (SSSR count). The van der Waals surface area contributed by atoms with Crippen LogP contribution in [0.25, 0.3) is 0 Å². The van der Waals surface area contributed by atoms with Crippen molar-refractivity contribution in [1.82, 2.24) is 9.88 Å². The molecule has 0 aliphatic carbocycles. The first-order valence-corrected chi connectivity index (χ1v) is 7.90. The summed E-state index contributed by atoms with van der Waals surface area (Å²) < 4.78 is 0. The van der Waals surface area contributed by atoms with E-state index in [1.165, 1.54) is 0 Å². The van der Waals surface area contributed by atoms with Crippen LogP contribution in [0, 0.1) is 0 Å². The molecule has 0 spiro atoms. The van der Waals surface area contributed by atoms with Gasteiger partial charge in [0.15, 0.2) is 5.82 Å². The molecule has 6 heteroatoms. The van der Waals surface area contributed by atoms with E-state index in [2.05, 4.69) is 27.3 Å². The number of hydrogen-bond acceptors (Lipinski definition) is 4. The molecule has 23 heavy (non-hydrogen) atoms. The second-order valence-corrected chi connectivity index (χ2v) is 6.13. The van der Waals surface area contributed by atoms with E-state index in [1.807, 2.05) is 44.2 Å². The van der Waals surface area contributed by atoms with Gasteiger partial charge in [-0.3, -0.25) is 4.99 Å². The summed E-state index contributed by atoms with van der Waals surface area (Å²) in [5.41, 5.74) is 3.01. The lowest BCUT2D eigenvalue weighted by molar-refractivity contribution is 0.420. The monoisotopic (exact) mass is 329 g/mol. The molecule has 0 amide bonds. The average Bonchev–Trinajstić information content (AvgIpc) is 2.64. The first kappa shape index (κ1) is 15.8. The molecule has 0 atom stereocenters. The van der Waals surface area contributed by atoms with Gasteiger partial charge < -0.3 is 15.1 Å². The van der Waals surface area contributed by atoms with Gasteiger partial charge in [0.05, 0.1) is 17.9 Å². The van der Waals surface area contributed by atoms with Gasteiger partial charge in [0, 0.05) is 19.2 Å². The third kappa shape index (κ3) is 3.30. The van der Waals surface area contributed by atoms with Crippen LogP contribution in [0.3, 0.4) is 0 Å². The minimum atomic E-state index is 0.475. The molecule has 0 saturated heterocycles. The highest BCUT2D eigenvalue weighted by Gasteiger charge is 2.22. The van der Waals surface area contributed by atoms with Crippen molar-refractivity contribution in [2.24, 2.45) is 4.99 Å². The Morgan fingerprint density at radius 3 is 2.78 bits per heavy atom. The molecule has 0 radical (unpaired) electrons. The van der Waals surface area contributed by atoms with Gasteiger partial charge in [0.1, 0.15) is 11.0 Å². The van der Waals surface area contributed by atoms with Crippen molar-refractivity contribution in [2.75, 3.05) is 44.4 Å². The Morgan fingerprint density at radius 1 is 1.22 bits per heavy atom. The number of likely N-dealkylation sites (N-methyl/N-ethyl adjacent to an activating group) is 1. The quantitative estimate of drug-likeness (QED) is 0.878. The van der Waals surface area contributed by atoms with Crippen molar-refractivity contribution < 1.29 is 0 Å². The summed E-state index contributed by atoms with van der Waals surface area (Å²) >= 11 is 6.08. The van der Waals surface area contributed by atoms with E-state index in [9.17, 15) is 0 Å². The molecule has 0 saturated carbocycles. The van der Waals surface area contributed by atoms with E-state index in [4.69, 9.17) is 16.6 Å². The predicted octanol–water partition coefficient (Wildman–Crippen LogP) is 3.24. The first-order valence-electron chi connectivity index (χ1n) is 7.52. The second-order valence-electron chi connectivity index (χ2n) is 5.74. The lowest BCUT2D eigenvalue weighted by Crippen LogP contribution is -2.19. The van der Waals surface area contributed by atoms with Crippen LogP contribution < -0.4 is 10.2 Å². The molecule has 5 nitrogen and oxygen atoms in total. The van der Waals surface area contributed by atoms with Crippen LogP contribution in [0.1, 0.15) is 5.56 Å². The van der Waals surface area contributed by atoms with Crippen molar-refractivity contribution in [3.8, 4) is 0 Å². The van der Waals surface area contributed by atoms with Gasteiger partial charge in [0.2, 0.25) is 0 Å². The van der Waals surface area contributed by atoms with E-state index in [1.54, 1.807) is 6.07 Å². The molecule has 1 aromatic heterocycles. The highest BCUT2D eigenvalue weighted by atomic mass is 35.5. The zero-order valence-corrected chi connectivity index (χ0v) is 14.3. The predicted molar refractivity (Wildman–Crippen MR) is 97.3 cm³/mol. The van der Waals surface area contributed by atoms with E-state index in [0.717, 1.165) is 41.7 Å². The number of nitrogens with one attached hydrogen (secondary N) is 1. The standard InChI is InChI=1S/C17H20ClN5/c1-22(2)11-10-19-16-12-6-4-5-7-14(12)23(3)17-13(20-16)8-9-15(18)21-17/h4-9H,10-11H2,1-3H3,(H,19,20). The van der Waals surface area contributed by atoms with Crippen molar-refractivity contribution >= 4 is 34.6 Å². The number of nitrogens with zero attached hydrogens (tertiary/aromatic N) is 4. The molecule has 1 aliphatic rings. The minimum absolute atomic E-state index is 0.475. The lowest BCUT2D eigenvalue weighted by Gasteiger charge is -2.19. The number of pyridine rings is 1. The van der Waals surface area contributed by atoms with Crippen molar-refractivity contribution in [3.05, 3.63) is 47.1 Å². The van der Waals surface area contributed by atoms with Gasteiger partial charge in [-0.25, -0.2) is 4.98 Å². The van der Waals surface area contributed by atoms with E-state index < -0.39 is 0 Å². The highest BCUT2D eigenvalue weighted by Crippen LogP contribution is 2.35. The maximum absolute atomic E-state index is 6.08. The Morgan fingerprint density at radius 2 is 2.00 bits per heavy atom. The number of benzene rings is 1. The third-order valence-corrected chi connectivity index (χ3v) is 3.96. The molecule has 2 aromatic rings. The zero-order valence-electron chi connectivity index (χ0n) is 13.5. The summed E-state index contributed by atoms with van der Waals surface area (Å²) in [6.07, 6.45) is 0. The van der Waals surface area contributed by atoms with Crippen LogP contribution in [0.2, 0.25) is 5.15 Å². The van der Waals surface area contributed by atoms with Crippen LogP contribution in [0.4, 0.5) is 17.2 Å². The van der Waals surface area contributed by atoms with Crippen LogP contribution in [0.15, 0.2) is 41.4 Å². The highest BCUT2D eigenvalue weighted by molar-refractivity contribution is 6.29. The normalized spacial score (nSPS) is 15.2. The second kappa shape index (κ2) is 6.56. The van der Waals surface area contributed by atoms with Gasteiger partial charge >= 0.3 is 0 Å². The number of para-hydroxylation sites is 1. The number of halogens is 1. The molecule has 1 aliphatic heterocycles.